The zero-order valence-electron chi connectivity index (χ0n) is 18.5. The van der Waals surface area contributed by atoms with Gasteiger partial charge in [0.05, 0.1) is 7.05 Å². The SMILES string of the molecule is CCCCn1c(N)c(N(C(=O)C[NH+](C)Cc2ccccc2)C2CCCC2)c(=O)[nH]c1=O. The summed E-state index contributed by atoms with van der Waals surface area (Å²) < 4.78 is 1.38. The number of rotatable bonds is 9. The number of carbonyl (C=O) groups excluding carboxylic acids is 1. The van der Waals surface area contributed by atoms with Crippen molar-refractivity contribution in [1.29, 1.82) is 0 Å². The van der Waals surface area contributed by atoms with E-state index in [1.54, 1.807) is 4.90 Å². The Morgan fingerprint density at radius 1 is 1.23 bits per heavy atom. The monoisotopic (exact) mass is 428 g/mol. The standard InChI is InChI=1S/C23H33N5O3/c1-3-4-14-27-21(24)20(22(30)25-23(27)31)28(18-12-8-9-13-18)19(29)16-26(2)15-17-10-6-5-7-11-17/h5-7,10-11,18H,3-4,8-9,12-16,24H2,1-2H3,(H,25,30,31)/p+1. The third kappa shape index (κ3) is 5.44. The van der Waals surface area contributed by atoms with E-state index < -0.39 is 11.2 Å². The van der Waals surface area contributed by atoms with Crippen molar-refractivity contribution in [2.75, 3.05) is 24.2 Å². The molecule has 1 saturated carbocycles. The third-order valence-electron chi connectivity index (χ3n) is 5.95. The summed E-state index contributed by atoms with van der Waals surface area (Å²) in [7, 11) is 1.97. The highest BCUT2D eigenvalue weighted by atomic mass is 16.2. The van der Waals surface area contributed by atoms with E-state index in [4.69, 9.17) is 5.73 Å². The van der Waals surface area contributed by atoms with E-state index in [2.05, 4.69) is 4.98 Å². The number of likely N-dealkylation sites (N-methyl/N-ethyl adjacent to an activating group) is 1. The average molecular weight is 429 g/mol. The zero-order valence-corrected chi connectivity index (χ0v) is 18.5. The van der Waals surface area contributed by atoms with Gasteiger partial charge in [0.2, 0.25) is 0 Å². The van der Waals surface area contributed by atoms with Gasteiger partial charge in [-0.3, -0.25) is 24.0 Å². The summed E-state index contributed by atoms with van der Waals surface area (Å²) >= 11 is 0. The first-order valence-corrected chi connectivity index (χ1v) is 11.2. The molecule has 1 aliphatic carbocycles. The summed E-state index contributed by atoms with van der Waals surface area (Å²) in [5.41, 5.74) is 6.49. The van der Waals surface area contributed by atoms with Gasteiger partial charge in [-0.15, -0.1) is 0 Å². The minimum absolute atomic E-state index is 0.0717. The van der Waals surface area contributed by atoms with Gasteiger partial charge in [0, 0.05) is 18.2 Å². The smallest absolute Gasteiger partial charge is 0.330 e. The molecule has 0 saturated heterocycles. The fraction of sp³-hybridized carbons (Fsp3) is 0.522. The van der Waals surface area contributed by atoms with Crippen molar-refractivity contribution in [1.82, 2.24) is 9.55 Å². The molecule has 1 heterocycles. The highest BCUT2D eigenvalue weighted by Crippen LogP contribution is 2.29. The largest absolute Gasteiger partial charge is 0.383 e. The van der Waals surface area contributed by atoms with Crippen LogP contribution in [0.2, 0.25) is 0 Å². The highest BCUT2D eigenvalue weighted by Gasteiger charge is 2.33. The first kappa shape index (κ1) is 22.8. The molecule has 0 bridgehead atoms. The molecule has 1 aromatic carbocycles. The molecule has 2 aromatic rings. The van der Waals surface area contributed by atoms with E-state index >= 15 is 0 Å². The molecule has 0 aliphatic heterocycles. The maximum Gasteiger partial charge on any atom is 0.330 e. The molecule has 3 rings (SSSR count). The van der Waals surface area contributed by atoms with Gasteiger partial charge in [-0.25, -0.2) is 4.79 Å². The normalized spacial score (nSPS) is 15.2. The highest BCUT2D eigenvalue weighted by molar-refractivity contribution is 5.96. The number of aromatic amines is 1. The molecule has 0 spiro atoms. The maximum absolute atomic E-state index is 13.5. The summed E-state index contributed by atoms with van der Waals surface area (Å²) in [6.07, 6.45) is 5.33. The molecule has 0 radical (unpaired) electrons. The number of nitrogens with one attached hydrogen (secondary N) is 2. The Morgan fingerprint density at radius 3 is 2.55 bits per heavy atom. The predicted octanol–water partition coefficient (Wildman–Crippen LogP) is 0.909. The Balaban J connectivity index is 1.91. The first-order chi connectivity index (χ1) is 14.9. The number of H-pyrrole nitrogens is 1. The predicted molar refractivity (Wildman–Crippen MR) is 122 cm³/mol. The number of carbonyl (C=O) groups is 1. The van der Waals surface area contributed by atoms with E-state index in [0.29, 0.717) is 13.1 Å². The van der Waals surface area contributed by atoms with Crippen LogP contribution in [0.1, 0.15) is 51.0 Å². The third-order valence-corrected chi connectivity index (χ3v) is 5.95. The fourth-order valence-electron chi connectivity index (χ4n) is 4.37. The van der Waals surface area contributed by atoms with Crippen LogP contribution in [-0.4, -0.2) is 35.1 Å². The van der Waals surface area contributed by atoms with E-state index in [1.165, 1.54) is 4.57 Å². The van der Waals surface area contributed by atoms with Crippen molar-refractivity contribution in [2.45, 2.75) is 64.6 Å². The Hall–Kier alpha value is -2.87. The molecular weight excluding hydrogens is 394 g/mol. The van der Waals surface area contributed by atoms with Crippen LogP contribution in [0.25, 0.3) is 0 Å². The lowest BCUT2D eigenvalue weighted by molar-refractivity contribution is -0.885. The molecule has 1 unspecified atom stereocenters. The van der Waals surface area contributed by atoms with Crippen LogP contribution in [0, 0.1) is 0 Å². The molecular formula is C23H34N5O3+. The van der Waals surface area contributed by atoms with Crippen LogP contribution in [0.15, 0.2) is 39.9 Å². The van der Waals surface area contributed by atoms with Gasteiger partial charge in [-0.05, 0) is 19.3 Å². The van der Waals surface area contributed by atoms with Gasteiger partial charge >= 0.3 is 5.69 Å². The lowest BCUT2D eigenvalue weighted by Crippen LogP contribution is -3.09. The van der Waals surface area contributed by atoms with Crippen LogP contribution in [0.4, 0.5) is 11.5 Å². The van der Waals surface area contributed by atoms with Gasteiger partial charge in [0.15, 0.2) is 12.2 Å². The van der Waals surface area contributed by atoms with Gasteiger partial charge in [-0.2, -0.15) is 0 Å². The molecule has 1 atom stereocenters. The number of quaternary nitrogens is 1. The maximum atomic E-state index is 13.5. The first-order valence-electron chi connectivity index (χ1n) is 11.2. The number of hydrogen-bond donors (Lipinski definition) is 3. The van der Waals surface area contributed by atoms with E-state index in [-0.39, 0.29) is 30.0 Å². The average Bonchev–Trinajstić information content (AvgIpc) is 3.25. The van der Waals surface area contributed by atoms with Gasteiger partial charge in [-0.1, -0.05) is 56.5 Å². The second kappa shape index (κ2) is 10.4. The minimum atomic E-state index is -0.587. The van der Waals surface area contributed by atoms with Gasteiger partial charge < -0.3 is 10.6 Å². The van der Waals surface area contributed by atoms with Crippen LogP contribution < -0.4 is 26.8 Å². The van der Waals surface area contributed by atoms with Crippen molar-refractivity contribution in [3.8, 4) is 0 Å². The lowest BCUT2D eigenvalue weighted by Gasteiger charge is -2.30. The second-order valence-electron chi connectivity index (χ2n) is 8.50. The Labute approximate surface area is 182 Å². The molecule has 1 amide bonds. The number of benzene rings is 1. The lowest BCUT2D eigenvalue weighted by atomic mass is 10.1. The number of hydrogen-bond acceptors (Lipinski definition) is 4. The fourth-order valence-corrected chi connectivity index (χ4v) is 4.37. The van der Waals surface area contributed by atoms with Crippen molar-refractivity contribution in [3.63, 3.8) is 0 Å². The minimum Gasteiger partial charge on any atom is -0.383 e. The second-order valence-corrected chi connectivity index (χ2v) is 8.50. The molecule has 1 aromatic heterocycles. The van der Waals surface area contributed by atoms with E-state index in [0.717, 1.165) is 49.0 Å². The molecule has 168 valence electrons. The van der Waals surface area contributed by atoms with Crippen molar-refractivity contribution in [3.05, 3.63) is 56.7 Å². The van der Waals surface area contributed by atoms with E-state index in [1.807, 2.05) is 44.3 Å². The molecule has 1 aliphatic rings. The van der Waals surface area contributed by atoms with E-state index in [9.17, 15) is 14.4 Å². The number of nitrogens with two attached hydrogens (primary N) is 1. The summed E-state index contributed by atoms with van der Waals surface area (Å²) in [6, 6.07) is 9.93. The molecule has 4 N–H and O–H groups in total. The summed E-state index contributed by atoms with van der Waals surface area (Å²) in [5, 5.41) is 0. The van der Waals surface area contributed by atoms with Crippen LogP contribution in [-0.2, 0) is 17.9 Å². The van der Waals surface area contributed by atoms with Crippen molar-refractivity contribution in [2.24, 2.45) is 0 Å². The Bertz CT molecular complexity index is 993. The van der Waals surface area contributed by atoms with Crippen LogP contribution in [0.5, 0.6) is 0 Å². The van der Waals surface area contributed by atoms with Crippen LogP contribution >= 0.6 is 0 Å². The summed E-state index contributed by atoms with van der Waals surface area (Å²) in [4.78, 5) is 43.6. The number of anilines is 2. The molecule has 8 heteroatoms. The topological polar surface area (TPSA) is 106 Å². The number of nitrogen functional groups attached to an aromatic ring is 1. The van der Waals surface area contributed by atoms with Crippen molar-refractivity contribution < 1.29 is 9.69 Å². The number of unbranched alkanes of at least 4 members (excludes halogenated alkanes) is 1. The van der Waals surface area contributed by atoms with Gasteiger partial charge in [0.1, 0.15) is 12.4 Å². The number of aromatic nitrogens is 2. The Morgan fingerprint density at radius 2 is 1.90 bits per heavy atom. The summed E-state index contributed by atoms with van der Waals surface area (Å²) in [6.45, 7) is 3.37. The molecule has 1 fully saturated rings. The Kier molecular flexibility index (Phi) is 7.68. The van der Waals surface area contributed by atoms with Crippen molar-refractivity contribution >= 4 is 17.4 Å². The molecule has 31 heavy (non-hydrogen) atoms. The number of nitrogens with zero attached hydrogens (tertiary/aromatic N) is 2. The number of amides is 1. The quantitative estimate of drug-likeness (QED) is 0.552. The zero-order chi connectivity index (χ0) is 22.4. The summed E-state index contributed by atoms with van der Waals surface area (Å²) in [5.74, 6) is -0.0543. The van der Waals surface area contributed by atoms with Crippen LogP contribution in [0.3, 0.4) is 0 Å². The van der Waals surface area contributed by atoms with Gasteiger partial charge in [0.25, 0.3) is 11.5 Å². The molecule has 8 nitrogen and oxygen atoms in total.